The molecule has 0 aliphatic heterocycles. The molecule has 1 N–H and O–H groups in total. The largest absolute Gasteiger partial charge is 0.493 e. The molecule has 0 radical (unpaired) electrons. The van der Waals surface area contributed by atoms with Crippen LogP contribution >= 0.6 is 11.6 Å². The van der Waals surface area contributed by atoms with Gasteiger partial charge in [0.1, 0.15) is 11.9 Å². The second-order valence-corrected chi connectivity index (χ2v) is 8.47. The van der Waals surface area contributed by atoms with Crippen LogP contribution in [-0.2, 0) is 29.1 Å². The maximum absolute atomic E-state index is 13.4. The lowest BCUT2D eigenvalue weighted by molar-refractivity contribution is -0.140. The molecule has 0 aromatic heterocycles. The number of nitrogens with one attached hydrogen (secondary N) is 1. The number of benzene rings is 3. The van der Waals surface area contributed by atoms with Gasteiger partial charge in [0.05, 0.1) is 20.6 Å². The van der Waals surface area contributed by atoms with Gasteiger partial charge in [0.2, 0.25) is 11.8 Å². The van der Waals surface area contributed by atoms with Gasteiger partial charge in [-0.3, -0.25) is 9.59 Å². The predicted molar refractivity (Wildman–Crippen MR) is 133 cm³/mol. The molecule has 0 fully saturated rings. The summed E-state index contributed by atoms with van der Waals surface area (Å²) >= 11 is 5.92. The first kappa shape index (κ1) is 26.0. The summed E-state index contributed by atoms with van der Waals surface area (Å²) in [6.07, 6.45) is 0.0519. The molecule has 3 aromatic carbocycles. The number of rotatable bonds is 10. The Morgan fingerprint density at radius 1 is 0.914 bits per heavy atom. The maximum atomic E-state index is 13.4. The van der Waals surface area contributed by atoms with Crippen molar-refractivity contribution in [2.45, 2.75) is 32.5 Å². The first-order valence-electron chi connectivity index (χ1n) is 11.1. The van der Waals surface area contributed by atoms with Crippen LogP contribution in [0, 0.1) is 5.82 Å². The molecule has 3 aromatic rings. The molecule has 0 saturated carbocycles. The zero-order valence-electron chi connectivity index (χ0n) is 19.9. The number of carbonyl (C=O) groups excluding carboxylic acids is 2. The summed E-state index contributed by atoms with van der Waals surface area (Å²) in [6, 6.07) is 17.5. The van der Waals surface area contributed by atoms with Crippen molar-refractivity contribution in [1.29, 1.82) is 0 Å². The highest BCUT2D eigenvalue weighted by molar-refractivity contribution is 6.30. The Morgan fingerprint density at radius 2 is 1.51 bits per heavy atom. The number of hydrogen-bond acceptors (Lipinski definition) is 4. The third kappa shape index (κ3) is 7.20. The lowest BCUT2D eigenvalue weighted by atomic mass is 10.1. The number of ether oxygens (including phenoxy) is 2. The molecule has 0 spiro atoms. The SMILES string of the molecule is COc1ccc(CC(=O)N(Cc2ccc(F)cc2)[C@@H](C)C(=O)NCc2ccc(Cl)cc2)cc1OC. The molecule has 8 heteroatoms. The summed E-state index contributed by atoms with van der Waals surface area (Å²) in [5, 5.41) is 3.48. The Bertz CT molecular complexity index is 1150. The molecule has 0 aliphatic carbocycles. The molecular formula is C27H28ClFN2O4. The average Bonchev–Trinajstić information content (AvgIpc) is 2.87. The van der Waals surface area contributed by atoms with Crippen LogP contribution in [0.3, 0.4) is 0 Å². The van der Waals surface area contributed by atoms with Gasteiger partial charge in [0.15, 0.2) is 11.5 Å². The Hall–Kier alpha value is -3.58. The number of methoxy groups -OCH3 is 2. The van der Waals surface area contributed by atoms with E-state index in [-0.39, 0.29) is 30.6 Å². The van der Waals surface area contributed by atoms with Crippen molar-refractivity contribution in [3.63, 3.8) is 0 Å². The molecule has 1 atom stereocenters. The second-order valence-electron chi connectivity index (χ2n) is 8.03. The highest BCUT2D eigenvalue weighted by atomic mass is 35.5. The molecule has 0 bridgehead atoms. The van der Waals surface area contributed by atoms with Gasteiger partial charge in [-0.05, 0) is 60.0 Å². The number of nitrogens with zero attached hydrogens (tertiary/aromatic N) is 1. The van der Waals surface area contributed by atoms with Crippen LogP contribution in [0.2, 0.25) is 5.02 Å². The van der Waals surface area contributed by atoms with E-state index in [9.17, 15) is 14.0 Å². The van der Waals surface area contributed by atoms with Crippen LogP contribution in [0.1, 0.15) is 23.6 Å². The normalized spacial score (nSPS) is 11.5. The van der Waals surface area contributed by atoms with Crippen LogP contribution in [0.25, 0.3) is 0 Å². The van der Waals surface area contributed by atoms with Gasteiger partial charge >= 0.3 is 0 Å². The minimum atomic E-state index is -0.764. The molecule has 184 valence electrons. The van der Waals surface area contributed by atoms with Gasteiger partial charge in [-0.1, -0.05) is 41.9 Å². The second kappa shape index (κ2) is 12.2. The molecule has 0 unspecified atom stereocenters. The molecule has 2 amide bonds. The first-order valence-corrected chi connectivity index (χ1v) is 11.5. The maximum Gasteiger partial charge on any atom is 0.242 e. The summed E-state index contributed by atoms with van der Waals surface area (Å²) in [5.74, 6) is 0.141. The predicted octanol–water partition coefficient (Wildman–Crippen LogP) is 4.77. The Kier molecular flexibility index (Phi) is 9.09. The van der Waals surface area contributed by atoms with E-state index in [1.807, 2.05) is 12.1 Å². The van der Waals surface area contributed by atoms with E-state index in [4.69, 9.17) is 21.1 Å². The Labute approximate surface area is 209 Å². The summed E-state index contributed by atoms with van der Waals surface area (Å²) in [4.78, 5) is 27.9. The average molecular weight is 499 g/mol. The van der Waals surface area contributed by atoms with Gasteiger partial charge in [-0.2, -0.15) is 0 Å². The highest BCUT2D eigenvalue weighted by Crippen LogP contribution is 2.28. The van der Waals surface area contributed by atoms with Crippen LogP contribution in [0.15, 0.2) is 66.7 Å². The van der Waals surface area contributed by atoms with Gasteiger partial charge < -0.3 is 19.7 Å². The number of halogens is 2. The van der Waals surface area contributed by atoms with E-state index in [2.05, 4.69) is 5.32 Å². The zero-order chi connectivity index (χ0) is 25.4. The smallest absolute Gasteiger partial charge is 0.242 e. The summed E-state index contributed by atoms with van der Waals surface area (Å²) in [5.41, 5.74) is 2.31. The van der Waals surface area contributed by atoms with Crippen LogP contribution in [-0.4, -0.2) is 37.0 Å². The summed E-state index contributed by atoms with van der Waals surface area (Å²) < 4.78 is 24.0. The monoisotopic (exact) mass is 498 g/mol. The van der Waals surface area contributed by atoms with Crippen molar-refractivity contribution in [1.82, 2.24) is 10.2 Å². The van der Waals surface area contributed by atoms with Gasteiger partial charge in [0.25, 0.3) is 0 Å². The van der Waals surface area contributed by atoms with E-state index in [1.54, 1.807) is 49.4 Å². The fourth-order valence-electron chi connectivity index (χ4n) is 3.58. The highest BCUT2D eigenvalue weighted by Gasteiger charge is 2.26. The first-order chi connectivity index (χ1) is 16.8. The lowest BCUT2D eigenvalue weighted by Crippen LogP contribution is -2.48. The van der Waals surface area contributed by atoms with Crippen molar-refractivity contribution in [2.75, 3.05) is 14.2 Å². The van der Waals surface area contributed by atoms with Crippen molar-refractivity contribution < 1.29 is 23.5 Å². The summed E-state index contributed by atoms with van der Waals surface area (Å²) in [7, 11) is 3.06. The topological polar surface area (TPSA) is 67.9 Å². The van der Waals surface area contributed by atoms with Gasteiger partial charge in [-0.15, -0.1) is 0 Å². The number of carbonyl (C=O) groups is 2. The number of hydrogen-bond donors (Lipinski definition) is 1. The zero-order valence-corrected chi connectivity index (χ0v) is 20.6. The van der Waals surface area contributed by atoms with Crippen LogP contribution in [0.5, 0.6) is 11.5 Å². The molecule has 0 saturated heterocycles. The molecule has 3 rings (SSSR count). The van der Waals surface area contributed by atoms with E-state index >= 15 is 0 Å². The van der Waals surface area contributed by atoms with Crippen molar-refractivity contribution in [3.8, 4) is 11.5 Å². The van der Waals surface area contributed by atoms with E-state index in [1.165, 1.54) is 31.3 Å². The number of amides is 2. The van der Waals surface area contributed by atoms with Crippen molar-refractivity contribution in [2.24, 2.45) is 0 Å². The van der Waals surface area contributed by atoms with E-state index in [0.717, 1.165) is 5.56 Å². The molecule has 0 heterocycles. The fraction of sp³-hybridized carbons (Fsp3) is 0.259. The Morgan fingerprint density at radius 3 is 2.14 bits per heavy atom. The Balaban J connectivity index is 1.77. The van der Waals surface area contributed by atoms with E-state index in [0.29, 0.717) is 34.2 Å². The standard InChI is InChI=1S/C27H28ClFN2O4/c1-18(27(33)30-16-19-4-9-22(28)10-5-19)31(17-20-6-11-23(29)12-7-20)26(32)15-21-8-13-24(34-2)25(14-21)35-3/h4-14,18H,15-17H2,1-3H3,(H,30,33)/t18-/m0/s1. The van der Waals surface area contributed by atoms with Crippen LogP contribution in [0.4, 0.5) is 4.39 Å². The van der Waals surface area contributed by atoms with E-state index < -0.39 is 6.04 Å². The van der Waals surface area contributed by atoms with Gasteiger partial charge in [-0.25, -0.2) is 4.39 Å². The summed E-state index contributed by atoms with van der Waals surface area (Å²) in [6.45, 7) is 2.13. The molecule has 35 heavy (non-hydrogen) atoms. The third-order valence-corrected chi connectivity index (χ3v) is 5.87. The van der Waals surface area contributed by atoms with Crippen LogP contribution < -0.4 is 14.8 Å². The quantitative estimate of drug-likeness (QED) is 0.437. The molecule has 6 nitrogen and oxygen atoms in total. The minimum absolute atomic E-state index is 0.0519. The minimum Gasteiger partial charge on any atom is -0.493 e. The van der Waals surface area contributed by atoms with Crippen molar-refractivity contribution in [3.05, 3.63) is 94.3 Å². The lowest BCUT2D eigenvalue weighted by Gasteiger charge is -2.29. The fourth-order valence-corrected chi connectivity index (χ4v) is 3.70. The van der Waals surface area contributed by atoms with Crippen molar-refractivity contribution >= 4 is 23.4 Å². The molecule has 0 aliphatic rings. The molecular weight excluding hydrogens is 471 g/mol. The third-order valence-electron chi connectivity index (χ3n) is 5.62. The van der Waals surface area contributed by atoms with Gasteiger partial charge in [0, 0.05) is 18.1 Å².